The van der Waals surface area contributed by atoms with Crippen LogP contribution in [0.4, 0.5) is 5.13 Å². The number of hydrogen-bond acceptors (Lipinski definition) is 7. The summed E-state index contributed by atoms with van der Waals surface area (Å²) >= 11 is 2.73. The zero-order valence-corrected chi connectivity index (χ0v) is 11.3. The largest absolute Gasteiger partial charge is 0.477 e. The molecule has 2 aromatic heterocycles. The second-order valence-corrected chi connectivity index (χ2v) is 5.74. The van der Waals surface area contributed by atoms with E-state index in [2.05, 4.69) is 15.2 Å². The SMILES string of the molecule is CN(C)c1nnc(Sc2cccc(C(=O)O)n2)s1. The van der Waals surface area contributed by atoms with Crippen molar-refractivity contribution < 1.29 is 9.90 Å². The molecule has 0 bridgehead atoms. The van der Waals surface area contributed by atoms with Crippen molar-refractivity contribution in [2.75, 3.05) is 19.0 Å². The third-order valence-corrected chi connectivity index (χ3v) is 3.99. The molecule has 0 radical (unpaired) electrons. The van der Waals surface area contributed by atoms with Crippen LogP contribution in [0.1, 0.15) is 10.5 Å². The van der Waals surface area contributed by atoms with Crippen molar-refractivity contribution in [3.8, 4) is 0 Å². The summed E-state index contributed by atoms with van der Waals surface area (Å²) in [5.74, 6) is -1.04. The highest BCUT2D eigenvalue weighted by Gasteiger charge is 2.10. The zero-order valence-electron chi connectivity index (χ0n) is 9.69. The van der Waals surface area contributed by atoms with Crippen molar-refractivity contribution in [2.24, 2.45) is 0 Å². The van der Waals surface area contributed by atoms with E-state index in [1.807, 2.05) is 19.0 Å². The average molecular weight is 282 g/mol. The van der Waals surface area contributed by atoms with E-state index in [9.17, 15) is 4.79 Å². The van der Waals surface area contributed by atoms with E-state index in [0.29, 0.717) is 5.03 Å². The van der Waals surface area contributed by atoms with Crippen molar-refractivity contribution in [1.82, 2.24) is 15.2 Å². The maximum atomic E-state index is 10.8. The van der Waals surface area contributed by atoms with Gasteiger partial charge in [-0.05, 0) is 23.9 Å². The lowest BCUT2D eigenvalue weighted by molar-refractivity contribution is 0.0689. The molecule has 0 aliphatic heterocycles. The molecule has 2 rings (SSSR count). The van der Waals surface area contributed by atoms with Gasteiger partial charge in [-0.3, -0.25) is 0 Å². The molecule has 0 fully saturated rings. The Morgan fingerprint density at radius 1 is 1.39 bits per heavy atom. The molecule has 0 saturated carbocycles. The molecule has 0 amide bonds. The summed E-state index contributed by atoms with van der Waals surface area (Å²) in [6.07, 6.45) is 0. The number of carboxylic acid groups (broad SMARTS) is 1. The molecule has 8 heteroatoms. The number of anilines is 1. The third kappa shape index (κ3) is 2.96. The fraction of sp³-hybridized carbons (Fsp3) is 0.200. The highest BCUT2D eigenvalue weighted by atomic mass is 32.2. The third-order valence-electron chi connectivity index (χ3n) is 1.91. The lowest BCUT2D eigenvalue weighted by atomic mass is 10.4. The first-order valence-electron chi connectivity index (χ1n) is 4.95. The number of aromatic carboxylic acids is 1. The van der Waals surface area contributed by atoms with Crippen LogP contribution in [0.15, 0.2) is 27.6 Å². The molecular weight excluding hydrogens is 272 g/mol. The van der Waals surface area contributed by atoms with Crippen LogP contribution in [0.5, 0.6) is 0 Å². The van der Waals surface area contributed by atoms with E-state index in [0.717, 1.165) is 9.47 Å². The lowest BCUT2D eigenvalue weighted by Crippen LogP contribution is -2.07. The Hall–Kier alpha value is -1.67. The molecule has 94 valence electrons. The zero-order chi connectivity index (χ0) is 13.1. The number of hydrogen-bond donors (Lipinski definition) is 1. The Morgan fingerprint density at radius 3 is 2.78 bits per heavy atom. The summed E-state index contributed by atoms with van der Waals surface area (Å²) in [5, 5.41) is 18.2. The van der Waals surface area contributed by atoms with Crippen molar-refractivity contribution >= 4 is 34.2 Å². The fourth-order valence-corrected chi connectivity index (χ4v) is 2.80. The van der Waals surface area contributed by atoms with Crippen LogP contribution >= 0.6 is 23.1 Å². The molecule has 0 unspecified atom stereocenters. The van der Waals surface area contributed by atoms with Crippen molar-refractivity contribution in [3.05, 3.63) is 23.9 Å². The number of nitrogens with zero attached hydrogens (tertiary/aromatic N) is 4. The Bertz CT molecular complexity index is 571. The maximum Gasteiger partial charge on any atom is 0.354 e. The van der Waals surface area contributed by atoms with Crippen LogP contribution in [0.2, 0.25) is 0 Å². The Labute approximate surface area is 112 Å². The predicted molar refractivity (Wildman–Crippen MR) is 69.6 cm³/mol. The van der Waals surface area contributed by atoms with Crippen LogP contribution in [0.3, 0.4) is 0 Å². The van der Waals surface area contributed by atoms with Gasteiger partial charge in [0.2, 0.25) is 5.13 Å². The summed E-state index contributed by atoms with van der Waals surface area (Å²) in [6.45, 7) is 0. The van der Waals surface area contributed by atoms with Gasteiger partial charge in [-0.1, -0.05) is 17.4 Å². The lowest BCUT2D eigenvalue weighted by Gasteiger charge is -2.03. The van der Waals surface area contributed by atoms with Gasteiger partial charge in [0.1, 0.15) is 10.7 Å². The number of carbonyl (C=O) groups is 1. The van der Waals surface area contributed by atoms with E-state index in [-0.39, 0.29) is 5.69 Å². The van der Waals surface area contributed by atoms with E-state index >= 15 is 0 Å². The number of pyridine rings is 1. The first-order valence-corrected chi connectivity index (χ1v) is 6.58. The van der Waals surface area contributed by atoms with Crippen molar-refractivity contribution in [1.29, 1.82) is 0 Å². The molecule has 1 N–H and O–H groups in total. The Balaban J connectivity index is 2.17. The van der Waals surface area contributed by atoms with Crippen molar-refractivity contribution in [2.45, 2.75) is 9.37 Å². The van der Waals surface area contributed by atoms with Gasteiger partial charge in [0.15, 0.2) is 4.34 Å². The van der Waals surface area contributed by atoms with Gasteiger partial charge in [-0.25, -0.2) is 9.78 Å². The molecule has 2 heterocycles. The van der Waals surface area contributed by atoms with Crippen LogP contribution in [-0.2, 0) is 0 Å². The first-order chi connectivity index (χ1) is 8.56. The average Bonchev–Trinajstić information content (AvgIpc) is 2.78. The molecule has 2 aromatic rings. The minimum absolute atomic E-state index is 0.0253. The molecule has 18 heavy (non-hydrogen) atoms. The van der Waals surface area contributed by atoms with Crippen LogP contribution < -0.4 is 4.90 Å². The van der Waals surface area contributed by atoms with Gasteiger partial charge in [0.05, 0.1) is 0 Å². The van der Waals surface area contributed by atoms with Gasteiger partial charge in [0, 0.05) is 14.1 Å². The molecule has 0 saturated heterocycles. The summed E-state index contributed by atoms with van der Waals surface area (Å²) in [5.41, 5.74) is 0.0253. The normalized spacial score (nSPS) is 10.3. The van der Waals surface area contributed by atoms with E-state index < -0.39 is 5.97 Å². The van der Waals surface area contributed by atoms with Crippen LogP contribution in [0.25, 0.3) is 0 Å². The van der Waals surface area contributed by atoms with Gasteiger partial charge in [0.25, 0.3) is 0 Å². The standard InChI is InChI=1S/C10H10N4O2S2/c1-14(2)9-12-13-10(18-9)17-7-5-3-4-6(11-7)8(15)16/h3-5H,1-2H3,(H,15,16). The van der Waals surface area contributed by atoms with Crippen molar-refractivity contribution in [3.63, 3.8) is 0 Å². The Kier molecular flexibility index (Phi) is 3.78. The minimum atomic E-state index is -1.04. The molecule has 0 aromatic carbocycles. The minimum Gasteiger partial charge on any atom is -0.477 e. The van der Waals surface area contributed by atoms with Crippen LogP contribution in [0, 0.1) is 0 Å². The molecule has 6 nitrogen and oxygen atoms in total. The van der Waals surface area contributed by atoms with E-state index in [1.165, 1.54) is 29.2 Å². The number of aromatic nitrogens is 3. The summed E-state index contributed by atoms with van der Waals surface area (Å²) in [6, 6.07) is 4.86. The first kappa shape index (κ1) is 12.8. The van der Waals surface area contributed by atoms with Crippen LogP contribution in [-0.4, -0.2) is 40.4 Å². The summed E-state index contributed by atoms with van der Waals surface area (Å²) < 4.78 is 0.730. The molecule has 0 spiro atoms. The molecular formula is C10H10N4O2S2. The topological polar surface area (TPSA) is 79.2 Å². The molecule has 0 aliphatic rings. The number of rotatable bonds is 4. The molecule has 0 aliphatic carbocycles. The van der Waals surface area contributed by atoms with E-state index in [1.54, 1.807) is 12.1 Å². The summed E-state index contributed by atoms with van der Waals surface area (Å²) in [7, 11) is 3.77. The second kappa shape index (κ2) is 5.32. The fourth-order valence-electron chi connectivity index (χ4n) is 1.10. The monoisotopic (exact) mass is 282 g/mol. The predicted octanol–water partition coefficient (Wildman–Crippen LogP) is 1.85. The van der Waals surface area contributed by atoms with E-state index in [4.69, 9.17) is 5.11 Å². The maximum absolute atomic E-state index is 10.8. The van der Waals surface area contributed by atoms with Gasteiger partial charge < -0.3 is 10.0 Å². The number of carboxylic acids is 1. The van der Waals surface area contributed by atoms with Gasteiger partial charge in [-0.2, -0.15) is 0 Å². The highest BCUT2D eigenvalue weighted by Crippen LogP contribution is 2.31. The summed E-state index contributed by atoms with van der Waals surface area (Å²) in [4.78, 5) is 16.7. The Morgan fingerprint density at radius 2 is 2.17 bits per heavy atom. The van der Waals surface area contributed by atoms with Gasteiger partial charge in [-0.15, -0.1) is 10.2 Å². The second-order valence-electron chi connectivity index (χ2n) is 3.51. The quantitative estimate of drug-likeness (QED) is 0.916. The smallest absolute Gasteiger partial charge is 0.354 e. The molecule has 0 atom stereocenters. The highest BCUT2D eigenvalue weighted by molar-refractivity contribution is 8.01. The van der Waals surface area contributed by atoms with Gasteiger partial charge >= 0.3 is 5.97 Å².